The van der Waals surface area contributed by atoms with Gasteiger partial charge in [0, 0.05) is 50.3 Å². The van der Waals surface area contributed by atoms with Crippen LogP contribution in [0.4, 0.5) is 0 Å². The highest BCUT2D eigenvalue weighted by Gasteiger charge is 2.25. The van der Waals surface area contributed by atoms with Gasteiger partial charge in [-0.3, -0.25) is 4.79 Å². The first-order chi connectivity index (χ1) is 10.2. The van der Waals surface area contributed by atoms with Crippen LogP contribution in [0.3, 0.4) is 0 Å². The molecule has 0 spiro atoms. The number of carbonyl (C=O) groups excluding carboxylic acids is 1. The molecule has 1 aliphatic rings. The molecular weight excluding hydrogens is 264 g/mol. The summed E-state index contributed by atoms with van der Waals surface area (Å²) >= 11 is 0. The Kier molecular flexibility index (Phi) is 4.08. The van der Waals surface area contributed by atoms with Gasteiger partial charge in [0.2, 0.25) is 5.91 Å². The van der Waals surface area contributed by atoms with E-state index in [2.05, 4.69) is 21.0 Å². The Labute approximate surface area is 125 Å². The van der Waals surface area contributed by atoms with Crippen LogP contribution in [0.5, 0.6) is 0 Å². The molecule has 112 valence electrons. The van der Waals surface area contributed by atoms with E-state index in [1.54, 1.807) is 6.20 Å². The van der Waals surface area contributed by atoms with Crippen LogP contribution in [0.15, 0.2) is 43.2 Å². The minimum absolute atomic E-state index is 0.209. The molecule has 3 heterocycles. The van der Waals surface area contributed by atoms with E-state index in [0.29, 0.717) is 12.5 Å². The molecule has 0 unspecified atom stereocenters. The molecule has 21 heavy (non-hydrogen) atoms. The highest BCUT2D eigenvalue weighted by atomic mass is 16.2. The maximum absolute atomic E-state index is 12.5. The normalized spacial score (nSPS) is 20.4. The molecule has 1 aliphatic heterocycles. The predicted molar refractivity (Wildman–Crippen MR) is 80.8 cm³/mol. The summed E-state index contributed by atoms with van der Waals surface area (Å²) in [5.41, 5.74) is 0. The van der Waals surface area contributed by atoms with Gasteiger partial charge in [0.1, 0.15) is 0 Å². The highest BCUT2D eigenvalue weighted by molar-refractivity contribution is 5.76. The number of carbonyl (C=O) groups is 1. The molecule has 0 aliphatic carbocycles. The van der Waals surface area contributed by atoms with E-state index >= 15 is 0 Å². The first-order valence-corrected chi connectivity index (χ1v) is 7.61. The summed E-state index contributed by atoms with van der Waals surface area (Å²) in [7, 11) is 0. The topological polar surface area (TPSA) is 43.1 Å². The number of nitrogens with zero attached hydrogens (tertiary/aromatic N) is 4. The lowest BCUT2D eigenvalue weighted by Crippen LogP contribution is -2.41. The number of likely N-dealkylation sites (tertiary alicyclic amines) is 1. The summed E-state index contributed by atoms with van der Waals surface area (Å²) in [6.07, 6.45) is 12.4. The average Bonchev–Trinajstić information content (AvgIpc) is 3.20. The number of hydrogen-bond acceptors (Lipinski definition) is 2. The molecule has 0 aromatic carbocycles. The van der Waals surface area contributed by atoms with Crippen molar-refractivity contribution >= 4 is 5.91 Å². The van der Waals surface area contributed by atoms with E-state index in [-0.39, 0.29) is 11.9 Å². The number of imidazole rings is 1. The van der Waals surface area contributed by atoms with Gasteiger partial charge >= 0.3 is 0 Å². The van der Waals surface area contributed by atoms with Gasteiger partial charge < -0.3 is 14.0 Å². The minimum atomic E-state index is 0.209. The fourth-order valence-electron chi connectivity index (χ4n) is 3.04. The van der Waals surface area contributed by atoms with Crippen LogP contribution >= 0.6 is 0 Å². The molecule has 2 aromatic rings. The van der Waals surface area contributed by atoms with Gasteiger partial charge in [-0.2, -0.15) is 0 Å². The molecule has 0 bridgehead atoms. The third kappa shape index (κ3) is 3.17. The minimum Gasteiger partial charge on any atom is -0.351 e. The molecular formula is C16H22N4O. The van der Waals surface area contributed by atoms with E-state index in [4.69, 9.17) is 0 Å². The molecule has 0 saturated carbocycles. The smallest absolute Gasteiger partial charge is 0.224 e. The van der Waals surface area contributed by atoms with E-state index in [0.717, 1.165) is 25.9 Å². The lowest BCUT2D eigenvalue weighted by atomic mass is 10.0. The first-order valence-electron chi connectivity index (χ1n) is 7.61. The Morgan fingerprint density at radius 3 is 2.86 bits per heavy atom. The fraction of sp³-hybridized carbons (Fsp3) is 0.500. The molecule has 3 rings (SSSR count). The third-order valence-corrected chi connectivity index (χ3v) is 4.30. The second kappa shape index (κ2) is 6.16. The van der Waals surface area contributed by atoms with Gasteiger partial charge in [-0.1, -0.05) is 0 Å². The van der Waals surface area contributed by atoms with Crippen LogP contribution in [0, 0.1) is 0 Å². The van der Waals surface area contributed by atoms with Gasteiger partial charge in [0.15, 0.2) is 0 Å². The SMILES string of the molecule is C[C@@H](CC(=O)N1CCC[C@@H](n2ccnc2)C1)n1cccc1. The van der Waals surface area contributed by atoms with Crippen molar-refractivity contribution in [3.8, 4) is 0 Å². The van der Waals surface area contributed by atoms with Gasteiger partial charge in [-0.15, -0.1) is 0 Å². The fourth-order valence-corrected chi connectivity index (χ4v) is 3.04. The van der Waals surface area contributed by atoms with E-state index < -0.39 is 0 Å². The zero-order chi connectivity index (χ0) is 14.7. The maximum Gasteiger partial charge on any atom is 0.224 e. The molecule has 0 radical (unpaired) electrons. The molecule has 5 heteroatoms. The summed E-state index contributed by atoms with van der Waals surface area (Å²) < 4.78 is 4.21. The Hall–Kier alpha value is -2.04. The zero-order valence-electron chi connectivity index (χ0n) is 12.4. The van der Waals surface area contributed by atoms with Crippen molar-refractivity contribution in [1.29, 1.82) is 0 Å². The molecule has 0 N–H and O–H groups in total. The van der Waals surface area contributed by atoms with Crippen molar-refractivity contribution in [3.63, 3.8) is 0 Å². The first kappa shape index (κ1) is 13.9. The number of piperidine rings is 1. The lowest BCUT2D eigenvalue weighted by Gasteiger charge is -2.34. The highest BCUT2D eigenvalue weighted by Crippen LogP contribution is 2.23. The molecule has 5 nitrogen and oxygen atoms in total. The van der Waals surface area contributed by atoms with Crippen LogP contribution in [0.2, 0.25) is 0 Å². The van der Waals surface area contributed by atoms with E-state index in [1.165, 1.54) is 0 Å². The summed E-state index contributed by atoms with van der Waals surface area (Å²) in [5.74, 6) is 0.251. The zero-order valence-corrected chi connectivity index (χ0v) is 12.4. The van der Waals surface area contributed by atoms with Gasteiger partial charge in [0.05, 0.1) is 12.4 Å². The Morgan fingerprint density at radius 2 is 2.14 bits per heavy atom. The Bertz CT molecular complexity index is 561. The van der Waals surface area contributed by atoms with Crippen molar-refractivity contribution in [2.24, 2.45) is 0 Å². The van der Waals surface area contributed by atoms with Crippen LogP contribution in [0.1, 0.15) is 38.3 Å². The molecule has 1 fully saturated rings. The van der Waals surface area contributed by atoms with Gasteiger partial charge in [-0.05, 0) is 31.9 Å². The summed E-state index contributed by atoms with van der Waals surface area (Å²) in [6.45, 7) is 3.77. The van der Waals surface area contributed by atoms with Crippen molar-refractivity contribution in [2.75, 3.05) is 13.1 Å². The maximum atomic E-state index is 12.5. The van der Waals surface area contributed by atoms with Crippen LogP contribution < -0.4 is 0 Å². The lowest BCUT2D eigenvalue weighted by molar-refractivity contribution is -0.133. The van der Waals surface area contributed by atoms with Gasteiger partial charge in [0.25, 0.3) is 0 Å². The standard InChI is InChI=1S/C16H22N4O/c1-14(18-7-2-3-8-18)11-16(21)19-9-4-5-15(12-19)20-10-6-17-13-20/h2-3,6-8,10,13-15H,4-5,9,11-12H2,1H3/t14-,15+/m0/s1. The average molecular weight is 286 g/mol. The molecule has 1 saturated heterocycles. The predicted octanol–water partition coefficient (Wildman–Crippen LogP) is 2.50. The second-order valence-corrected chi connectivity index (χ2v) is 5.83. The number of aromatic nitrogens is 3. The monoisotopic (exact) mass is 286 g/mol. The van der Waals surface area contributed by atoms with Crippen molar-refractivity contribution in [3.05, 3.63) is 43.2 Å². The van der Waals surface area contributed by atoms with Crippen molar-refractivity contribution in [2.45, 2.75) is 38.3 Å². The Balaban J connectivity index is 1.59. The van der Waals surface area contributed by atoms with Crippen LogP contribution in [-0.2, 0) is 4.79 Å². The van der Waals surface area contributed by atoms with Crippen molar-refractivity contribution < 1.29 is 4.79 Å². The Morgan fingerprint density at radius 1 is 1.33 bits per heavy atom. The van der Waals surface area contributed by atoms with Gasteiger partial charge in [-0.25, -0.2) is 4.98 Å². The molecule has 2 atom stereocenters. The molecule has 1 amide bonds. The largest absolute Gasteiger partial charge is 0.351 e. The quantitative estimate of drug-likeness (QED) is 0.866. The van der Waals surface area contributed by atoms with Crippen LogP contribution in [-0.4, -0.2) is 38.0 Å². The second-order valence-electron chi connectivity index (χ2n) is 5.83. The van der Waals surface area contributed by atoms with Crippen molar-refractivity contribution in [1.82, 2.24) is 19.0 Å². The molecule has 2 aromatic heterocycles. The van der Waals surface area contributed by atoms with Crippen LogP contribution in [0.25, 0.3) is 0 Å². The summed E-state index contributed by atoms with van der Waals surface area (Å²) in [5, 5.41) is 0. The number of rotatable bonds is 4. The number of hydrogen-bond donors (Lipinski definition) is 0. The summed E-state index contributed by atoms with van der Waals surface area (Å²) in [4.78, 5) is 18.6. The number of amides is 1. The van der Waals surface area contributed by atoms with E-state index in [9.17, 15) is 4.79 Å². The third-order valence-electron chi connectivity index (χ3n) is 4.30. The summed E-state index contributed by atoms with van der Waals surface area (Å²) in [6, 6.07) is 4.57. The van der Waals surface area contributed by atoms with E-state index in [1.807, 2.05) is 42.0 Å².